The number of amides is 1. The predicted octanol–water partition coefficient (Wildman–Crippen LogP) is 5.97. The van der Waals surface area contributed by atoms with Crippen LogP contribution in [0.1, 0.15) is 10.6 Å². The second-order valence-electron chi connectivity index (χ2n) is 4.38. The van der Waals surface area contributed by atoms with E-state index in [-0.39, 0.29) is 11.7 Å². The Hall–Kier alpha value is -1.11. The molecule has 0 spiro atoms. The van der Waals surface area contributed by atoms with Crippen LogP contribution in [0.3, 0.4) is 0 Å². The van der Waals surface area contributed by atoms with Crippen LogP contribution in [0.4, 0.5) is 5.69 Å². The van der Waals surface area contributed by atoms with Gasteiger partial charge in [0.25, 0.3) is 5.91 Å². The number of fused-ring (bicyclic) bond motifs is 1. The first-order valence-electron chi connectivity index (χ1n) is 5.98. The SMILES string of the molecule is O=C(Nc1cccc(Br)c1)c1cc2cc(Br)cc(Br)c2o1. The molecule has 3 nitrogen and oxygen atoms in total. The maximum absolute atomic E-state index is 12.2. The van der Waals surface area contributed by atoms with Gasteiger partial charge in [-0.3, -0.25) is 4.79 Å². The van der Waals surface area contributed by atoms with E-state index in [1.54, 1.807) is 6.07 Å². The van der Waals surface area contributed by atoms with Crippen molar-refractivity contribution < 1.29 is 9.21 Å². The van der Waals surface area contributed by atoms with Gasteiger partial charge in [-0.1, -0.05) is 37.9 Å². The third kappa shape index (κ3) is 3.22. The van der Waals surface area contributed by atoms with Crippen molar-refractivity contribution in [2.45, 2.75) is 0 Å². The summed E-state index contributed by atoms with van der Waals surface area (Å²) in [7, 11) is 0. The zero-order chi connectivity index (χ0) is 15.0. The predicted molar refractivity (Wildman–Crippen MR) is 93.7 cm³/mol. The number of carbonyl (C=O) groups is 1. The number of hydrogen-bond acceptors (Lipinski definition) is 2. The topological polar surface area (TPSA) is 42.2 Å². The largest absolute Gasteiger partial charge is 0.450 e. The van der Waals surface area contributed by atoms with E-state index in [0.29, 0.717) is 11.3 Å². The maximum Gasteiger partial charge on any atom is 0.291 e. The van der Waals surface area contributed by atoms with E-state index < -0.39 is 0 Å². The van der Waals surface area contributed by atoms with Crippen LogP contribution in [0.25, 0.3) is 11.0 Å². The molecule has 3 rings (SSSR count). The Balaban J connectivity index is 1.93. The molecule has 0 aliphatic heterocycles. The third-order valence-corrected chi connectivity index (χ3v) is 4.38. The maximum atomic E-state index is 12.2. The van der Waals surface area contributed by atoms with Gasteiger partial charge in [-0.15, -0.1) is 0 Å². The van der Waals surface area contributed by atoms with Crippen molar-refractivity contribution in [3.8, 4) is 0 Å². The van der Waals surface area contributed by atoms with Gasteiger partial charge < -0.3 is 9.73 Å². The zero-order valence-electron chi connectivity index (χ0n) is 10.5. The first kappa shape index (κ1) is 14.8. The number of rotatable bonds is 2. The van der Waals surface area contributed by atoms with E-state index >= 15 is 0 Å². The van der Waals surface area contributed by atoms with Crippen molar-refractivity contribution in [3.05, 3.63) is 61.6 Å². The molecule has 2 aromatic carbocycles. The van der Waals surface area contributed by atoms with Gasteiger partial charge in [0, 0.05) is 20.0 Å². The normalized spacial score (nSPS) is 10.8. The van der Waals surface area contributed by atoms with Crippen molar-refractivity contribution in [2.24, 2.45) is 0 Å². The van der Waals surface area contributed by atoms with Crippen LogP contribution in [0.5, 0.6) is 0 Å². The highest BCUT2D eigenvalue weighted by molar-refractivity contribution is 9.11. The average Bonchev–Trinajstić information content (AvgIpc) is 2.83. The van der Waals surface area contributed by atoms with Crippen molar-refractivity contribution >= 4 is 70.4 Å². The minimum absolute atomic E-state index is 0.267. The van der Waals surface area contributed by atoms with Gasteiger partial charge in [0.1, 0.15) is 5.58 Å². The van der Waals surface area contributed by atoms with Crippen molar-refractivity contribution in [1.82, 2.24) is 0 Å². The molecule has 1 N–H and O–H groups in total. The molecule has 106 valence electrons. The van der Waals surface area contributed by atoms with Crippen LogP contribution in [-0.4, -0.2) is 5.91 Å². The summed E-state index contributed by atoms with van der Waals surface area (Å²) in [5.74, 6) is -0.0175. The molecule has 0 saturated carbocycles. The van der Waals surface area contributed by atoms with E-state index in [4.69, 9.17) is 4.42 Å². The number of nitrogens with one attached hydrogen (secondary N) is 1. The second-order valence-corrected chi connectivity index (χ2v) is 7.07. The van der Waals surface area contributed by atoms with Crippen molar-refractivity contribution in [2.75, 3.05) is 5.32 Å². The summed E-state index contributed by atoms with van der Waals surface area (Å²) < 4.78 is 8.24. The highest BCUT2D eigenvalue weighted by atomic mass is 79.9. The summed E-state index contributed by atoms with van der Waals surface area (Å²) in [5.41, 5.74) is 1.35. The van der Waals surface area contributed by atoms with Gasteiger partial charge in [-0.2, -0.15) is 0 Å². The highest BCUT2D eigenvalue weighted by Crippen LogP contribution is 2.31. The molecule has 6 heteroatoms. The fourth-order valence-corrected chi connectivity index (χ4v) is 3.69. The molecule has 0 radical (unpaired) electrons. The lowest BCUT2D eigenvalue weighted by Crippen LogP contribution is -2.10. The molecule has 21 heavy (non-hydrogen) atoms. The van der Waals surface area contributed by atoms with Crippen LogP contribution >= 0.6 is 47.8 Å². The Kier molecular flexibility index (Phi) is 4.19. The lowest BCUT2D eigenvalue weighted by molar-refractivity contribution is 0.0998. The second kappa shape index (κ2) is 5.94. The molecule has 0 atom stereocenters. The summed E-state index contributed by atoms with van der Waals surface area (Å²) in [6, 6.07) is 12.9. The third-order valence-electron chi connectivity index (χ3n) is 2.84. The van der Waals surface area contributed by atoms with Gasteiger partial charge in [0.15, 0.2) is 5.76 Å². The van der Waals surface area contributed by atoms with Crippen LogP contribution in [-0.2, 0) is 0 Å². The zero-order valence-corrected chi connectivity index (χ0v) is 15.2. The van der Waals surface area contributed by atoms with Crippen LogP contribution in [0.2, 0.25) is 0 Å². The number of hydrogen-bond donors (Lipinski definition) is 1. The molecule has 0 saturated heterocycles. The molecular weight excluding hydrogens is 466 g/mol. The van der Waals surface area contributed by atoms with Crippen molar-refractivity contribution in [1.29, 1.82) is 0 Å². The van der Waals surface area contributed by atoms with E-state index in [0.717, 1.165) is 18.8 Å². The highest BCUT2D eigenvalue weighted by Gasteiger charge is 2.14. The molecule has 3 aromatic rings. The van der Waals surface area contributed by atoms with Gasteiger partial charge in [-0.05, 0) is 52.3 Å². The fourth-order valence-electron chi connectivity index (χ4n) is 1.95. The molecule has 0 unspecified atom stereocenters. The quantitative estimate of drug-likeness (QED) is 0.498. The summed E-state index contributed by atoms with van der Waals surface area (Å²) in [5, 5.41) is 3.66. The van der Waals surface area contributed by atoms with Gasteiger partial charge in [0.2, 0.25) is 0 Å². The molecule has 1 heterocycles. The average molecular weight is 474 g/mol. The lowest BCUT2D eigenvalue weighted by atomic mass is 10.2. The smallest absolute Gasteiger partial charge is 0.291 e. The molecule has 1 aromatic heterocycles. The minimum Gasteiger partial charge on any atom is -0.450 e. The number of halogens is 3. The minimum atomic E-state index is -0.285. The monoisotopic (exact) mass is 471 g/mol. The molecule has 0 aliphatic carbocycles. The number of furan rings is 1. The summed E-state index contributed by atoms with van der Waals surface area (Å²) in [6.45, 7) is 0. The number of anilines is 1. The van der Waals surface area contributed by atoms with E-state index in [1.165, 1.54) is 0 Å². The standard InChI is InChI=1S/C15H8Br3NO2/c16-9-2-1-3-11(6-9)19-15(20)13-5-8-4-10(17)7-12(18)14(8)21-13/h1-7H,(H,19,20). The Morgan fingerprint density at radius 1 is 1.00 bits per heavy atom. The van der Waals surface area contributed by atoms with Crippen molar-refractivity contribution in [3.63, 3.8) is 0 Å². The number of carbonyl (C=O) groups excluding carboxylic acids is 1. The van der Waals surface area contributed by atoms with Gasteiger partial charge >= 0.3 is 0 Å². The van der Waals surface area contributed by atoms with E-state index in [1.807, 2.05) is 36.4 Å². The molecular formula is C15H8Br3NO2. The first-order valence-corrected chi connectivity index (χ1v) is 8.36. The Labute approximate surface area is 146 Å². The summed E-state index contributed by atoms with van der Waals surface area (Å²) in [6.07, 6.45) is 0. The van der Waals surface area contributed by atoms with Gasteiger partial charge in [0.05, 0.1) is 4.47 Å². The summed E-state index contributed by atoms with van der Waals surface area (Å²) in [4.78, 5) is 12.2. The van der Waals surface area contributed by atoms with E-state index in [2.05, 4.69) is 53.1 Å². The Morgan fingerprint density at radius 2 is 1.81 bits per heavy atom. The molecule has 1 amide bonds. The fraction of sp³-hybridized carbons (Fsp3) is 0. The van der Waals surface area contributed by atoms with Crippen LogP contribution in [0, 0.1) is 0 Å². The lowest BCUT2D eigenvalue weighted by Gasteiger charge is -2.02. The van der Waals surface area contributed by atoms with Gasteiger partial charge in [-0.25, -0.2) is 0 Å². The molecule has 0 bridgehead atoms. The molecule has 0 fully saturated rings. The summed E-state index contributed by atoms with van der Waals surface area (Å²) >= 11 is 10.2. The van der Waals surface area contributed by atoms with E-state index in [9.17, 15) is 4.79 Å². The first-order chi connectivity index (χ1) is 10.0. The Morgan fingerprint density at radius 3 is 2.57 bits per heavy atom. The Bertz CT molecular complexity index is 842. The number of benzene rings is 2. The van der Waals surface area contributed by atoms with Crippen LogP contribution in [0.15, 0.2) is 60.3 Å². The van der Waals surface area contributed by atoms with Crippen LogP contribution < -0.4 is 5.32 Å². The molecule has 0 aliphatic rings.